The van der Waals surface area contributed by atoms with Crippen molar-refractivity contribution in [2.75, 3.05) is 18.0 Å². The molecular weight excluding hydrogens is 291 g/mol. The van der Waals surface area contributed by atoms with Gasteiger partial charge in [0.1, 0.15) is 11.9 Å². The van der Waals surface area contributed by atoms with Gasteiger partial charge in [0.05, 0.1) is 11.1 Å². The minimum absolute atomic E-state index is 0.525. The summed E-state index contributed by atoms with van der Waals surface area (Å²) in [6, 6.07) is 8.78. The Morgan fingerprint density at radius 1 is 1.09 bits per heavy atom. The number of alkyl halides is 3. The Labute approximate surface area is 126 Å². The third kappa shape index (κ3) is 2.67. The van der Waals surface area contributed by atoms with Gasteiger partial charge in [0.25, 0.3) is 0 Å². The highest BCUT2D eigenvalue weighted by Crippen LogP contribution is 2.33. The predicted octanol–water partition coefficient (Wildman–Crippen LogP) is 4.17. The van der Waals surface area contributed by atoms with Gasteiger partial charge in [-0.25, -0.2) is 0 Å². The number of nitriles is 1. The molecular formula is C16H14F3N3. The number of hydrogen-bond acceptors (Lipinski definition) is 2. The zero-order valence-electron chi connectivity index (χ0n) is 11.7. The SMILES string of the molecule is N#Cc1cc(-c2ccc(C(F)(F)F)cc2)[nH]c1N1CCCC1. The smallest absolute Gasteiger partial charge is 0.357 e. The van der Waals surface area contributed by atoms with Crippen molar-refractivity contribution in [3.05, 3.63) is 41.5 Å². The summed E-state index contributed by atoms with van der Waals surface area (Å²) in [5, 5.41) is 9.24. The molecule has 0 aliphatic carbocycles. The van der Waals surface area contributed by atoms with Crippen molar-refractivity contribution in [3.63, 3.8) is 0 Å². The fourth-order valence-electron chi connectivity index (χ4n) is 2.71. The molecule has 1 N–H and O–H groups in total. The molecule has 22 heavy (non-hydrogen) atoms. The van der Waals surface area contributed by atoms with Gasteiger partial charge in [0.2, 0.25) is 0 Å². The van der Waals surface area contributed by atoms with E-state index in [1.807, 2.05) is 0 Å². The monoisotopic (exact) mass is 305 g/mol. The topological polar surface area (TPSA) is 42.8 Å². The highest BCUT2D eigenvalue weighted by molar-refractivity contribution is 5.69. The minimum atomic E-state index is -4.34. The molecule has 2 heterocycles. The molecule has 0 saturated carbocycles. The maximum absolute atomic E-state index is 12.6. The Balaban J connectivity index is 1.93. The molecule has 6 heteroatoms. The van der Waals surface area contributed by atoms with E-state index in [1.54, 1.807) is 6.07 Å². The van der Waals surface area contributed by atoms with Gasteiger partial charge in [-0.1, -0.05) is 12.1 Å². The van der Waals surface area contributed by atoms with Crippen molar-refractivity contribution in [2.24, 2.45) is 0 Å². The second kappa shape index (κ2) is 5.41. The highest BCUT2D eigenvalue weighted by Gasteiger charge is 2.30. The summed E-state index contributed by atoms with van der Waals surface area (Å²) in [6.45, 7) is 1.78. The molecule has 3 nitrogen and oxygen atoms in total. The first kappa shape index (κ1) is 14.5. The van der Waals surface area contributed by atoms with Crippen LogP contribution in [0.15, 0.2) is 30.3 Å². The number of aromatic amines is 1. The number of nitrogens with zero attached hydrogens (tertiary/aromatic N) is 2. The lowest BCUT2D eigenvalue weighted by Crippen LogP contribution is -2.18. The van der Waals surface area contributed by atoms with E-state index in [0.717, 1.165) is 43.9 Å². The van der Waals surface area contributed by atoms with E-state index in [1.165, 1.54) is 12.1 Å². The summed E-state index contributed by atoms with van der Waals surface area (Å²) in [5.74, 6) is 0.759. The summed E-state index contributed by atoms with van der Waals surface area (Å²) in [5.41, 5.74) is 1.14. The molecule has 1 fully saturated rings. The third-order valence-corrected chi connectivity index (χ3v) is 3.86. The minimum Gasteiger partial charge on any atom is -0.357 e. The summed E-state index contributed by atoms with van der Waals surface area (Å²) >= 11 is 0. The number of rotatable bonds is 2. The Hall–Kier alpha value is -2.42. The zero-order chi connectivity index (χ0) is 15.7. The van der Waals surface area contributed by atoms with Gasteiger partial charge in [0, 0.05) is 18.8 Å². The second-order valence-corrected chi connectivity index (χ2v) is 5.33. The molecule has 0 spiro atoms. The molecule has 1 aliphatic rings. The molecule has 3 rings (SSSR count). The molecule has 114 valence electrons. The quantitative estimate of drug-likeness (QED) is 0.904. The molecule has 0 unspecified atom stereocenters. The Kier molecular flexibility index (Phi) is 3.57. The van der Waals surface area contributed by atoms with Crippen molar-refractivity contribution in [1.82, 2.24) is 4.98 Å². The molecule has 1 aromatic carbocycles. The maximum atomic E-state index is 12.6. The average Bonchev–Trinajstić information content (AvgIpc) is 3.15. The van der Waals surface area contributed by atoms with Crippen molar-refractivity contribution < 1.29 is 13.2 Å². The van der Waals surface area contributed by atoms with Crippen molar-refractivity contribution in [1.29, 1.82) is 5.26 Å². The molecule has 1 saturated heterocycles. The van der Waals surface area contributed by atoms with Crippen LogP contribution in [0.3, 0.4) is 0 Å². The fourth-order valence-corrected chi connectivity index (χ4v) is 2.71. The Morgan fingerprint density at radius 3 is 2.27 bits per heavy atom. The van der Waals surface area contributed by atoms with Crippen LogP contribution in [-0.2, 0) is 6.18 Å². The largest absolute Gasteiger partial charge is 0.416 e. The summed E-state index contributed by atoms with van der Waals surface area (Å²) in [4.78, 5) is 5.27. The van der Waals surface area contributed by atoms with Gasteiger partial charge < -0.3 is 9.88 Å². The fraction of sp³-hybridized carbons (Fsp3) is 0.312. The first-order valence-corrected chi connectivity index (χ1v) is 7.05. The molecule has 2 aromatic rings. The number of hydrogen-bond donors (Lipinski definition) is 1. The summed E-state index contributed by atoms with van der Waals surface area (Å²) in [7, 11) is 0. The van der Waals surface area contributed by atoms with Gasteiger partial charge in [-0.15, -0.1) is 0 Å². The molecule has 1 aromatic heterocycles. The van der Waals surface area contributed by atoms with Crippen LogP contribution >= 0.6 is 0 Å². The number of anilines is 1. The van der Waals surface area contributed by atoms with Crippen LogP contribution < -0.4 is 4.90 Å². The number of halogens is 3. The van der Waals surface area contributed by atoms with Gasteiger partial charge in [-0.2, -0.15) is 18.4 Å². The molecule has 0 bridgehead atoms. The van der Waals surface area contributed by atoms with E-state index < -0.39 is 11.7 Å². The van der Waals surface area contributed by atoms with Crippen LogP contribution in [0.4, 0.5) is 19.0 Å². The van der Waals surface area contributed by atoms with Crippen molar-refractivity contribution in [3.8, 4) is 17.3 Å². The van der Waals surface area contributed by atoms with Crippen LogP contribution in [0.5, 0.6) is 0 Å². The van der Waals surface area contributed by atoms with Crippen LogP contribution in [0.1, 0.15) is 24.0 Å². The molecule has 0 atom stereocenters. The summed E-state index contributed by atoms with van der Waals surface area (Å²) in [6.07, 6.45) is -2.17. The second-order valence-electron chi connectivity index (χ2n) is 5.33. The molecule has 0 amide bonds. The number of benzene rings is 1. The lowest BCUT2D eigenvalue weighted by molar-refractivity contribution is -0.137. The van der Waals surface area contributed by atoms with Gasteiger partial charge in [-0.05, 0) is 36.6 Å². The lowest BCUT2D eigenvalue weighted by atomic mass is 10.1. The van der Waals surface area contributed by atoms with Crippen LogP contribution in [0, 0.1) is 11.3 Å². The van der Waals surface area contributed by atoms with Crippen molar-refractivity contribution in [2.45, 2.75) is 19.0 Å². The van der Waals surface area contributed by atoms with E-state index in [-0.39, 0.29) is 0 Å². The first-order chi connectivity index (χ1) is 10.5. The lowest BCUT2D eigenvalue weighted by Gasteiger charge is -2.15. The third-order valence-electron chi connectivity index (χ3n) is 3.86. The van der Waals surface area contributed by atoms with Crippen LogP contribution in [-0.4, -0.2) is 18.1 Å². The number of aromatic nitrogens is 1. The normalized spacial score (nSPS) is 15.1. The Bertz CT molecular complexity index is 702. The van der Waals surface area contributed by atoms with E-state index in [4.69, 9.17) is 0 Å². The molecule has 0 radical (unpaired) electrons. The number of nitrogens with one attached hydrogen (secondary N) is 1. The highest BCUT2D eigenvalue weighted by atomic mass is 19.4. The molecule has 1 aliphatic heterocycles. The zero-order valence-corrected chi connectivity index (χ0v) is 11.7. The van der Waals surface area contributed by atoms with E-state index >= 15 is 0 Å². The first-order valence-electron chi connectivity index (χ1n) is 7.05. The van der Waals surface area contributed by atoms with Crippen LogP contribution in [0.2, 0.25) is 0 Å². The summed E-state index contributed by atoms with van der Waals surface area (Å²) < 4.78 is 37.8. The van der Waals surface area contributed by atoms with E-state index in [2.05, 4.69) is 16.0 Å². The van der Waals surface area contributed by atoms with Crippen LogP contribution in [0.25, 0.3) is 11.3 Å². The van der Waals surface area contributed by atoms with Gasteiger partial charge in [0.15, 0.2) is 0 Å². The van der Waals surface area contributed by atoms with E-state index in [9.17, 15) is 18.4 Å². The van der Waals surface area contributed by atoms with Gasteiger partial charge in [-0.3, -0.25) is 0 Å². The number of H-pyrrole nitrogens is 1. The maximum Gasteiger partial charge on any atom is 0.416 e. The predicted molar refractivity (Wildman–Crippen MR) is 77.4 cm³/mol. The van der Waals surface area contributed by atoms with Crippen molar-refractivity contribution >= 4 is 5.82 Å². The van der Waals surface area contributed by atoms with Gasteiger partial charge >= 0.3 is 6.18 Å². The standard InChI is InChI=1S/C16H14F3N3/c17-16(18,19)13-5-3-11(4-6-13)14-9-12(10-20)15(21-14)22-7-1-2-8-22/h3-6,9,21H,1-2,7-8H2. The Morgan fingerprint density at radius 2 is 1.73 bits per heavy atom. The van der Waals surface area contributed by atoms with E-state index in [0.29, 0.717) is 16.8 Å². The average molecular weight is 305 g/mol.